The number of piperidine rings is 2. The molecule has 53 heavy (non-hydrogen) atoms. The number of nitrogens with one attached hydrogen (secondary N) is 1. The van der Waals surface area contributed by atoms with Crippen molar-refractivity contribution in [3.05, 3.63) is 71.8 Å². The minimum atomic E-state index is -0.638. The number of nitrogens with zero attached hydrogens (tertiary/aromatic N) is 2. The molecule has 4 aliphatic rings. The third-order valence-electron chi connectivity index (χ3n) is 11.6. The molecule has 4 fully saturated rings. The van der Waals surface area contributed by atoms with E-state index in [1.54, 1.807) is 28.4 Å². The van der Waals surface area contributed by atoms with Crippen molar-refractivity contribution < 1.29 is 28.7 Å². The number of ether oxygens (including phenoxy) is 1. The van der Waals surface area contributed by atoms with Gasteiger partial charge in [-0.15, -0.1) is 23.5 Å². The van der Waals surface area contributed by atoms with Crippen LogP contribution in [0.4, 0.5) is 0 Å². The first-order chi connectivity index (χ1) is 25.6. The molecule has 0 aromatic heterocycles. The molecule has 286 valence electrons. The van der Waals surface area contributed by atoms with Crippen LogP contribution in [0, 0.1) is 17.8 Å². The average Bonchev–Trinajstić information content (AvgIpc) is 3.32. The summed E-state index contributed by atoms with van der Waals surface area (Å²) in [5.74, 6) is -1.30. The molecular formula is C42H55N3O6S2. The minimum Gasteiger partial charge on any atom is -0.467 e. The molecule has 3 amide bonds. The van der Waals surface area contributed by atoms with Crippen molar-refractivity contribution in [1.82, 2.24) is 15.1 Å². The van der Waals surface area contributed by atoms with Crippen molar-refractivity contribution in [2.45, 2.75) is 118 Å². The van der Waals surface area contributed by atoms with Crippen LogP contribution in [0.2, 0.25) is 0 Å². The third-order valence-corrected chi connectivity index (χ3v) is 14.5. The standard InChI is InChI=1S/C42H55N3O6S2/c1-42(2)37(40(49)44-23-11-10-18-35(44)53-42)43-38(47)31(26-29-15-8-5-9-16-29)21-20-30(25-28-13-6-4-7-14-28)34(46)27-32-22-24-52-36-19-12-17-33(41(50)51-3)45(36)39(32)48/h4-9,13-16,30-33,35-37H,10-12,17-27H2,1-3H3,(H,43,47)/t30-,31-,32-,33+,35+,36+,37-/m1/s1. The molecule has 0 aliphatic carbocycles. The highest BCUT2D eigenvalue weighted by Crippen LogP contribution is 2.43. The van der Waals surface area contributed by atoms with E-state index in [9.17, 15) is 24.0 Å². The Bertz CT molecular complexity index is 1610. The van der Waals surface area contributed by atoms with Crippen molar-refractivity contribution in [2.75, 3.05) is 19.4 Å². The van der Waals surface area contributed by atoms with Gasteiger partial charge in [0, 0.05) is 35.5 Å². The molecule has 1 N–H and O–H groups in total. The van der Waals surface area contributed by atoms with E-state index in [4.69, 9.17) is 4.74 Å². The van der Waals surface area contributed by atoms with Crippen LogP contribution in [0.1, 0.15) is 89.2 Å². The number of benzene rings is 2. The number of ketones is 1. The van der Waals surface area contributed by atoms with E-state index in [-0.39, 0.29) is 40.7 Å². The fourth-order valence-corrected chi connectivity index (χ4v) is 11.7. The number of hydrogen-bond acceptors (Lipinski definition) is 8. The number of methoxy groups -OCH3 is 1. The molecule has 9 nitrogen and oxygen atoms in total. The van der Waals surface area contributed by atoms with Gasteiger partial charge in [0.1, 0.15) is 17.9 Å². The van der Waals surface area contributed by atoms with Crippen LogP contribution in [-0.2, 0) is 41.6 Å². The molecular weight excluding hydrogens is 707 g/mol. The minimum absolute atomic E-state index is 0.000920. The zero-order valence-electron chi connectivity index (χ0n) is 31.4. The maximum atomic E-state index is 14.4. The SMILES string of the molecule is COC(=O)[C@@H]1CCC[C@@H]2SCC[C@H](CC(=O)[C@H](CC[C@H](Cc3ccccc3)C(=O)N[C@@H]3C(=O)N4CCCC[C@@H]4SC3(C)C)Cc3ccccc3)C(=O)N21. The highest BCUT2D eigenvalue weighted by molar-refractivity contribution is 8.01. The number of amides is 3. The average molecular weight is 762 g/mol. The lowest BCUT2D eigenvalue weighted by atomic mass is 9.82. The number of fused-ring (bicyclic) bond motifs is 2. The molecule has 2 aromatic carbocycles. The molecule has 4 saturated heterocycles. The summed E-state index contributed by atoms with van der Waals surface area (Å²) in [5.41, 5.74) is 2.05. The molecule has 0 unspecified atom stereocenters. The van der Waals surface area contributed by atoms with E-state index >= 15 is 0 Å². The van der Waals surface area contributed by atoms with Crippen LogP contribution in [0.5, 0.6) is 0 Å². The summed E-state index contributed by atoms with van der Waals surface area (Å²) in [5, 5.41) is 3.28. The van der Waals surface area contributed by atoms with Crippen LogP contribution in [0.25, 0.3) is 0 Å². The number of rotatable bonds is 13. The Kier molecular flexibility index (Phi) is 13.3. The number of carbonyl (C=O) groups is 5. The van der Waals surface area contributed by atoms with Gasteiger partial charge in [0.2, 0.25) is 17.7 Å². The first-order valence-corrected chi connectivity index (χ1v) is 21.4. The van der Waals surface area contributed by atoms with Gasteiger partial charge in [-0.1, -0.05) is 60.7 Å². The van der Waals surface area contributed by atoms with E-state index in [2.05, 4.69) is 19.2 Å². The van der Waals surface area contributed by atoms with E-state index in [1.807, 2.05) is 65.6 Å². The van der Waals surface area contributed by atoms with Gasteiger partial charge in [0.05, 0.1) is 17.9 Å². The highest BCUT2D eigenvalue weighted by Gasteiger charge is 2.49. The Hall–Kier alpha value is -3.31. The van der Waals surface area contributed by atoms with Crippen molar-refractivity contribution in [2.24, 2.45) is 17.8 Å². The molecule has 6 rings (SSSR count). The predicted octanol–water partition coefficient (Wildman–Crippen LogP) is 6.43. The van der Waals surface area contributed by atoms with Gasteiger partial charge in [-0.25, -0.2) is 4.79 Å². The molecule has 11 heteroatoms. The second kappa shape index (κ2) is 17.9. The van der Waals surface area contributed by atoms with Gasteiger partial charge in [-0.2, -0.15) is 0 Å². The van der Waals surface area contributed by atoms with Crippen LogP contribution < -0.4 is 5.32 Å². The third kappa shape index (κ3) is 9.50. The fraction of sp³-hybridized carbons (Fsp3) is 0.595. The summed E-state index contributed by atoms with van der Waals surface area (Å²) < 4.78 is 4.63. The maximum Gasteiger partial charge on any atom is 0.328 e. The first-order valence-electron chi connectivity index (χ1n) is 19.5. The Morgan fingerprint density at radius 3 is 2.15 bits per heavy atom. The van der Waals surface area contributed by atoms with Gasteiger partial charge in [-0.05, 0) is 101 Å². The van der Waals surface area contributed by atoms with Crippen molar-refractivity contribution in [1.29, 1.82) is 0 Å². The summed E-state index contributed by atoms with van der Waals surface area (Å²) in [6.07, 6.45) is 7.91. The molecule has 0 bridgehead atoms. The summed E-state index contributed by atoms with van der Waals surface area (Å²) in [4.78, 5) is 73.1. The lowest BCUT2D eigenvalue weighted by Gasteiger charge is -2.49. The van der Waals surface area contributed by atoms with E-state index < -0.39 is 40.6 Å². The zero-order valence-corrected chi connectivity index (χ0v) is 33.0. The molecule has 7 atom stereocenters. The van der Waals surface area contributed by atoms with Gasteiger partial charge in [0.25, 0.3) is 0 Å². The van der Waals surface area contributed by atoms with E-state index in [0.29, 0.717) is 38.5 Å². The Morgan fingerprint density at radius 2 is 1.47 bits per heavy atom. The number of hydrogen-bond donors (Lipinski definition) is 1. The zero-order chi connectivity index (χ0) is 37.5. The van der Waals surface area contributed by atoms with Gasteiger partial charge in [-0.3, -0.25) is 19.2 Å². The number of Topliss-reactive ketones (excluding diaryl/α,β-unsaturated/α-hetero) is 1. The molecule has 0 spiro atoms. The number of thioether (sulfide) groups is 2. The summed E-state index contributed by atoms with van der Waals surface area (Å²) >= 11 is 3.48. The monoisotopic (exact) mass is 761 g/mol. The molecule has 2 aromatic rings. The van der Waals surface area contributed by atoms with Crippen molar-refractivity contribution >= 4 is 53.0 Å². The van der Waals surface area contributed by atoms with Gasteiger partial charge < -0.3 is 19.9 Å². The lowest BCUT2D eigenvalue weighted by Crippen LogP contribution is -2.64. The molecule has 0 radical (unpaired) electrons. The largest absolute Gasteiger partial charge is 0.467 e. The highest BCUT2D eigenvalue weighted by atomic mass is 32.2. The smallest absolute Gasteiger partial charge is 0.328 e. The van der Waals surface area contributed by atoms with Crippen molar-refractivity contribution in [3.63, 3.8) is 0 Å². The molecule has 4 heterocycles. The summed E-state index contributed by atoms with van der Waals surface area (Å²) in [6.45, 7) is 4.83. The second-order valence-electron chi connectivity index (χ2n) is 15.7. The lowest BCUT2D eigenvalue weighted by molar-refractivity contribution is -0.157. The van der Waals surface area contributed by atoms with E-state index in [0.717, 1.165) is 55.5 Å². The van der Waals surface area contributed by atoms with Crippen LogP contribution >= 0.6 is 23.5 Å². The van der Waals surface area contributed by atoms with Crippen LogP contribution in [0.15, 0.2) is 60.7 Å². The Morgan fingerprint density at radius 1 is 0.830 bits per heavy atom. The topological polar surface area (TPSA) is 113 Å². The summed E-state index contributed by atoms with van der Waals surface area (Å²) in [6, 6.07) is 18.6. The fourth-order valence-electron chi connectivity index (χ4n) is 8.63. The van der Waals surface area contributed by atoms with E-state index in [1.165, 1.54) is 7.11 Å². The van der Waals surface area contributed by atoms with Crippen LogP contribution in [-0.4, -0.2) is 86.3 Å². The quantitative estimate of drug-likeness (QED) is 0.233. The summed E-state index contributed by atoms with van der Waals surface area (Å²) in [7, 11) is 1.36. The Balaban J connectivity index is 1.20. The van der Waals surface area contributed by atoms with Gasteiger partial charge in [0.15, 0.2) is 0 Å². The first kappa shape index (κ1) is 39.4. The molecule has 4 aliphatic heterocycles. The molecule has 0 saturated carbocycles. The normalized spacial score (nSPS) is 26.7. The van der Waals surface area contributed by atoms with Crippen molar-refractivity contribution in [3.8, 4) is 0 Å². The number of esters is 1. The maximum absolute atomic E-state index is 14.4. The van der Waals surface area contributed by atoms with Crippen LogP contribution in [0.3, 0.4) is 0 Å². The second-order valence-corrected chi connectivity index (χ2v) is 18.8. The Labute approximate surface area is 323 Å². The van der Waals surface area contributed by atoms with Gasteiger partial charge >= 0.3 is 5.97 Å². The number of carbonyl (C=O) groups excluding carboxylic acids is 5. The predicted molar refractivity (Wildman–Crippen MR) is 210 cm³/mol.